The number of rotatable bonds is 9. The standard InChI is InChI=1S/C32H24ClN5O2/c33-28-12-8-23(9-13-28)22-40-30-14-10-25(11-15-30)31-27(21-38(37-31)29-6-2-1-3-7-29)17-26(18-34)32(39)36-20-24-5-4-16-35-19-24/h1-17,19,21H,20,22H2,(H,36,39)/b26-17+. The number of pyridine rings is 1. The Hall–Kier alpha value is -5.19. The quantitative estimate of drug-likeness (QED) is 0.171. The molecule has 0 radical (unpaired) electrons. The van der Waals surface area contributed by atoms with E-state index < -0.39 is 5.91 Å². The molecule has 40 heavy (non-hydrogen) atoms. The Morgan fingerprint density at radius 3 is 2.45 bits per heavy atom. The molecule has 8 heteroatoms. The normalized spacial score (nSPS) is 11.1. The van der Waals surface area contributed by atoms with Gasteiger partial charge in [-0.1, -0.05) is 48.0 Å². The van der Waals surface area contributed by atoms with Gasteiger partial charge in [-0.3, -0.25) is 9.78 Å². The van der Waals surface area contributed by atoms with Gasteiger partial charge in [0.2, 0.25) is 0 Å². The van der Waals surface area contributed by atoms with E-state index in [4.69, 9.17) is 21.4 Å². The van der Waals surface area contributed by atoms with Crippen LogP contribution in [0.3, 0.4) is 0 Å². The third kappa shape index (κ3) is 6.62. The van der Waals surface area contributed by atoms with E-state index in [0.29, 0.717) is 28.6 Å². The summed E-state index contributed by atoms with van der Waals surface area (Å²) >= 11 is 5.96. The molecule has 196 valence electrons. The van der Waals surface area contributed by atoms with Crippen molar-refractivity contribution < 1.29 is 9.53 Å². The van der Waals surface area contributed by atoms with E-state index in [1.54, 1.807) is 35.4 Å². The minimum Gasteiger partial charge on any atom is -0.489 e. The van der Waals surface area contributed by atoms with Gasteiger partial charge in [0.05, 0.1) is 11.4 Å². The largest absolute Gasteiger partial charge is 0.489 e. The molecule has 0 saturated heterocycles. The number of aromatic nitrogens is 3. The zero-order chi connectivity index (χ0) is 27.7. The molecule has 1 amide bonds. The Bertz CT molecular complexity index is 1660. The van der Waals surface area contributed by atoms with Crippen molar-refractivity contribution in [2.24, 2.45) is 0 Å². The van der Waals surface area contributed by atoms with E-state index in [0.717, 1.165) is 22.4 Å². The molecular formula is C32H24ClN5O2. The average molecular weight is 546 g/mol. The number of carbonyl (C=O) groups excluding carboxylic acids is 1. The summed E-state index contributed by atoms with van der Waals surface area (Å²) in [5.41, 5.74) is 4.74. The number of hydrogen-bond acceptors (Lipinski definition) is 5. The van der Waals surface area contributed by atoms with E-state index in [1.807, 2.05) is 91.0 Å². The van der Waals surface area contributed by atoms with Crippen molar-refractivity contribution >= 4 is 23.6 Å². The second-order valence-electron chi connectivity index (χ2n) is 8.87. The van der Waals surface area contributed by atoms with Crippen LogP contribution in [0.2, 0.25) is 5.02 Å². The number of hydrogen-bond donors (Lipinski definition) is 1. The highest BCUT2D eigenvalue weighted by Crippen LogP contribution is 2.28. The van der Waals surface area contributed by atoms with Crippen LogP contribution in [0.25, 0.3) is 23.0 Å². The summed E-state index contributed by atoms with van der Waals surface area (Å²) in [6.45, 7) is 0.673. The SMILES string of the molecule is N#C/C(=C\c1cn(-c2ccccc2)nc1-c1ccc(OCc2ccc(Cl)cc2)cc1)C(=O)NCc1cccnc1. The fourth-order valence-electron chi connectivity index (χ4n) is 3.97. The summed E-state index contributed by atoms with van der Waals surface area (Å²) in [5, 5.41) is 18.1. The molecule has 0 spiro atoms. The van der Waals surface area contributed by atoms with Crippen molar-refractivity contribution in [1.29, 1.82) is 5.26 Å². The highest BCUT2D eigenvalue weighted by molar-refractivity contribution is 6.30. The molecule has 5 aromatic rings. The predicted octanol–water partition coefficient (Wildman–Crippen LogP) is 6.39. The summed E-state index contributed by atoms with van der Waals surface area (Å²) in [5.74, 6) is 0.224. The molecule has 7 nitrogen and oxygen atoms in total. The van der Waals surface area contributed by atoms with Crippen molar-refractivity contribution in [3.63, 3.8) is 0 Å². The van der Waals surface area contributed by atoms with Gasteiger partial charge in [-0.05, 0) is 71.8 Å². The Morgan fingerprint density at radius 2 is 1.75 bits per heavy atom. The van der Waals surface area contributed by atoms with Crippen LogP contribution in [0.4, 0.5) is 0 Å². The fourth-order valence-corrected chi connectivity index (χ4v) is 4.10. The first-order chi connectivity index (χ1) is 19.6. The molecule has 0 atom stereocenters. The average Bonchev–Trinajstić information content (AvgIpc) is 3.43. The molecule has 0 saturated carbocycles. The molecule has 0 aliphatic carbocycles. The van der Waals surface area contributed by atoms with Crippen molar-refractivity contribution in [2.45, 2.75) is 13.2 Å². The predicted molar refractivity (Wildman–Crippen MR) is 154 cm³/mol. The highest BCUT2D eigenvalue weighted by atomic mass is 35.5. The topological polar surface area (TPSA) is 92.8 Å². The van der Waals surface area contributed by atoms with Crippen LogP contribution in [0.1, 0.15) is 16.7 Å². The molecule has 0 aliphatic heterocycles. The van der Waals surface area contributed by atoms with E-state index in [-0.39, 0.29) is 12.1 Å². The van der Waals surface area contributed by atoms with Crippen LogP contribution in [0.5, 0.6) is 5.75 Å². The number of halogens is 1. The summed E-state index contributed by atoms with van der Waals surface area (Å²) < 4.78 is 7.65. The monoisotopic (exact) mass is 545 g/mol. The van der Waals surface area contributed by atoms with Crippen LogP contribution in [-0.4, -0.2) is 20.7 Å². The lowest BCUT2D eigenvalue weighted by atomic mass is 10.1. The van der Waals surface area contributed by atoms with Crippen molar-refractivity contribution in [1.82, 2.24) is 20.1 Å². The third-order valence-electron chi connectivity index (χ3n) is 6.05. The number of nitriles is 1. The summed E-state index contributed by atoms with van der Waals surface area (Å²) in [4.78, 5) is 16.9. The third-order valence-corrected chi connectivity index (χ3v) is 6.30. The minimum atomic E-state index is -0.476. The summed E-state index contributed by atoms with van der Waals surface area (Å²) in [6.07, 6.45) is 6.70. The van der Waals surface area contributed by atoms with Crippen molar-refractivity contribution in [2.75, 3.05) is 0 Å². The molecule has 2 heterocycles. The van der Waals surface area contributed by atoms with Crippen LogP contribution < -0.4 is 10.1 Å². The van der Waals surface area contributed by atoms with Crippen LogP contribution in [0.15, 0.2) is 115 Å². The molecule has 0 bridgehead atoms. The molecule has 0 unspecified atom stereocenters. The van der Waals surface area contributed by atoms with Crippen LogP contribution in [0, 0.1) is 11.3 Å². The van der Waals surface area contributed by atoms with Crippen LogP contribution >= 0.6 is 11.6 Å². The second kappa shape index (κ2) is 12.6. The van der Waals surface area contributed by atoms with E-state index in [1.165, 1.54) is 0 Å². The molecule has 2 aromatic heterocycles. The number of carbonyl (C=O) groups is 1. The Balaban J connectivity index is 1.40. The van der Waals surface area contributed by atoms with Gasteiger partial charge in [0.15, 0.2) is 0 Å². The van der Waals surface area contributed by atoms with Gasteiger partial charge < -0.3 is 10.1 Å². The molecule has 5 rings (SSSR count). The lowest BCUT2D eigenvalue weighted by molar-refractivity contribution is -0.117. The van der Waals surface area contributed by atoms with Gasteiger partial charge in [-0.15, -0.1) is 0 Å². The second-order valence-corrected chi connectivity index (χ2v) is 9.30. The lowest BCUT2D eigenvalue weighted by Gasteiger charge is -2.08. The first-order valence-electron chi connectivity index (χ1n) is 12.5. The minimum absolute atomic E-state index is 0.0272. The van der Waals surface area contributed by atoms with E-state index in [2.05, 4.69) is 10.3 Å². The van der Waals surface area contributed by atoms with E-state index >= 15 is 0 Å². The highest BCUT2D eigenvalue weighted by Gasteiger charge is 2.15. The Morgan fingerprint density at radius 1 is 0.975 bits per heavy atom. The Labute approximate surface area is 237 Å². The van der Waals surface area contributed by atoms with Gasteiger partial charge in [-0.2, -0.15) is 10.4 Å². The number of amides is 1. The maximum absolute atomic E-state index is 12.9. The van der Waals surface area contributed by atoms with Gasteiger partial charge >= 0.3 is 0 Å². The van der Waals surface area contributed by atoms with Gasteiger partial charge in [0, 0.05) is 41.3 Å². The molecular weight excluding hydrogens is 522 g/mol. The number of benzene rings is 3. The summed E-state index contributed by atoms with van der Waals surface area (Å²) in [6, 6.07) is 30.4. The van der Waals surface area contributed by atoms with Crippen LogP contribution in [-0.2, 0) is 17.9 Å². The lowest BCUT2D eigenvalue weighted by Crippen LogP contribution is -2.24. The molecule has 0 aliphatic rings. The first kappa shape index (κ1) is 26.4. The van der Waals surface area contributed by atoms with Gasteiger partial charge in [-0.25, -0.2) is 4.68 Å². The maximum Gasteiger partial charge on any atom is 0.262 e. The number of nitrogens with zero attached hydrogens (tertiary/aromatic N) is 4. The Kier molecular flexibility index (Phi) is 8.30. The molecule has 3 aromatic carbocycles. The van der Waals surface area contributed by atoms with E-state index in [9.17, 15) is 10.1 Å². The smallest absolute Gasteiger partial charge is 0.262 e. The molecule has 1 N–H and O–H groups in total. The number of nitrogens with one attached hydrogen (secondary N) is 1. The summed E-state index contributed by atoms with van der Waals surface area (Å²) in [7, 11) is 0. The van der Waals surface area contributed by atoms with Gasteiger partial charge in [0.1, 0.15) is 24.0 Å². The zero-order valence-corrected chi connectivity index (χ0v) is 22.1. The van der Waals surface area contributed by atoms with Crippen molar-refractivity contribution in [3.05, 3.63) is 137 Å². The number of para-hydroxylation sites is 1. The van der Waals surface area contributed by atoms with Gasteiger partial charge in [0.25, 0.3) is 5.91 Å². The van der Waals surface area contributed by atoms with Crippen molar-refractivity contribution in [3.8, 4) is 28.8 Å². The number of ether oxygens (including phenoxy) is 1. The first-order valence-corrected chi connectivity index (χ1v) is 12.9. The zero-order valence-electron chi connectivity index (χ0n) is 21.4. The maximum atomic E-state index is 12.9. The fraction of sp³-hybridized carbons (Fsp3) is 0.0625. The molecule has 0 fully saturated rings.